The molecule has 1 unspecified atom stereocenters. The summed E-state index contributed by atoms with van der Waals surface area (Å²) in [7, 11) is -3.82. The van der Waals surface area contributed by atoms with E-state index in [0.29, 0.717) is 0 Å². The molecule has 0 fully saturated rings. The van der Waals surface area contributed by atoms with Gasteiger partial charge in [-0.05, 0) is 6.92 Å². The molecule has 2 aromatic rings. The molecule has 0 amide bonds. The Balaban J connectivity index is 2.13. The number of nitrogens with zero attached hydrogens (tertiary/aromatic N) is 1. The predicted molar refractivity (Wildman–Crippen MR) is 76.1 cm³/mol. The van der Waals surface area contributed by atoms with Crippen LogP contribution >= 0.6 is 11.3 Å². The molecular weight excluding hydrogens is 316 g/mol. The molecule has 2 rings (SSSR count). The highest BCUT2D eigenvalue weighted by molar-refractivity contribution is 7.89. The number of carbonyl (C=O) groups is 1. The number of thiazole rings is 1. The zero-order valence-electron chi connectivity index (χ0n) is 11.4. The number of sulfonamides is 1. The molecule has 0 aliphatic rings. The van der Waals surface area contributed by atoms with E-state index >= 15 is 0 Å². The van der Waals surface area contributed by atoms with Crippen LogP contribution in [0, 0.1) is 6.92 Å². The lowest BCUT2D eigenvalue weighted by molar-refractivity contribution is 0.0661. The SMILES string of the molecule is Cc1oc(C(=O)O)cc1S(=O)(=O)NCC(C)c1nccs1. The summed E-state index contributed by atoms with van der Waals surface area (Å²) in [5.41, 5.74) is 0. The lowest BCUT2D eigenvalue weighted by Crippen LogP contribution is -2.27. The van der Waals surface area contributed by atoms with Gasteiger partial charge in [0.15, 0.2) is 0 Å². The quantitative estimate of drug-likeness (QED) is 0.836. The zero-order valence-corrected chi connectivity index (χ0v) is 13.0. The first-order valence-electron chi connectivity index (χ1n) is 6.04. The van der Waals surface area contributed by atoms with Crippen molar-refractivity contribution in [1.82, 2.24) is 9.71 Å². The molecule has 21 heavy (non-hydrogen) atoms. The average Bonchev–Trinajstić information content (AvgIpc) is 3.05. The maximum atomic E-state index is 12.2. The Kier molecular flexibility index (Phi) is 4.45. The van der Waals surface area contributed by atoms with E-state index < -0.39 is 21.8 Å². The molecule has 0 aromatic carbocycles. The van der Waals surface area contributed by atoms with Crippen LogP contribution in [0.2, 0.25) is 0 Å². The van der Waals surface area contributed by atoms with E-state index in [2.05, 4.69) is 9.71 Å². The molecule has 9 heteroatoms. The lowest BCUT2D eigenvalue weighted by atomic mass is 10.2. The minimum absolute atomic E-state index is 0.0433. The van der Waals surface area contributed by atoms with Gasteiger partial charge < -0.3 is 9.52 Å². The van der Waals surface area contributed by atoms with Gasteiger partial charge in [0, 0.05) is 30.1 Å². The van der Waals surface area contributed by atoms with Crippen LogP contribution in [-0.2, 0) is 10.0 Å². The summed E-state index contributed by atoms with van der Waals surface area (Å²) in [6, 6.07) is 1.01. The van der Waals surface area contributed by atoms with Crippen molar-refractivity contribution in [2.75, 3.05) is 6.54 Å². The normalized spacial score (nSPS) is 13.2. The van der Waals surface area contributed by atoms with Crippen molar-refractivity contribution in [3.05, 3.63) is 34.2 Å². The van der Waals surface area contributed by atoms with Crippen LogP contribution in [0.4, 0.5) is 0 Å². The highest BCUT2D eigenvalue weighted by Gasteiger charge is 2.24. The first-order valence-corrected chi connectivity index (χ1v) is 8.40. The van der Waals surface area contributed by atoms with Gasteiger partial charge in [-0.1, -0.05) is 6.92 Å². The lowest BCUT2D eigenvalue weighted by Gasteiger charge is -2.10. The fraction of sp³-hybridized carbons (Fsp3) is 0.333. The number of aromatic nitrogens is 1. The third kappa shape index (κ3) is 3.49. The third-order valence-corrected chi connectivity index (χ3v) is 5.36. The van der Waals surface area contributed by atoms with Crippen molar-refractivity contribution in [2.45, 2.75) is 24.7 Å². The maximum absolute atomic E-state index is 12.2. The molecule has 7 nitrogen and oxygen atoms in total. The number of hydrogen-bond acceptors (Lipinski definition) is 6. The number of rotatable bonds is 6. The van der Waals surface area contributed by atoms with Crippen molar-refractivity contribution in [2.24, 2.45) is 0 Å². The molecular formula is C12H14N2O5S2. The molecule has 0 spiro atoms. The van der Waals surface area contributed by atoms with Crippen LogP contribution in [0.5, 0.6) is 0 Å². The van der Waals surface area contributed by atoms with E-state index in [1.165, 1.54) is 18.3 Å². The average molecular weight is 330 g/mol. The largest absolute Gasteiger partial charge is 0.475 e. The second-order valence-corrected chi connectivity index (χ2v) is 7.12. The Bertz CT molecular complexity index is 734. The van der Waals surface area contributed by atoms with Crippen LogP contribution in [0.3, 0.4) is 0 Å². The van der Waals surface area contributed by atoms with Gasteiger partial charge in [0.1, 0.15) is 10.7 Å². The highest BCUT2D eigenvalue weighted by Crippen LogP contribution is 2.21. The van der Waals surface area contributed by atoms with E-state index in [-0.39, 0.29) is 23.1 Å². The second kappa shape index (κ2) is 5.96. The summed E-state index contributed by atoms with van der Waals surface area (Å²) in [6.45, 7) is 3.43. The Labute approximate surface area is 125 Å². The van der Waals surface area contributed by atoms with Gasteiger partial charge in [-0.2, -0.15) is 0 Å². The molecule has 1 atom stereocenters. The maximum Gasteiger partial charge on any atom is 0.371 e. The van der Waals surface area contributed by atoms with Gasteiger partial charge in [-0.25, -0.2) is 22.9 Å². The van der Waals surface area contributed by atoms with Crippen molar-refractivity contribution >= 4 is 27.3 Å². The Morgan fingerprint density at radius 2 is 2.29 bits per heavy atom. The standard InChI is InChI=1S/C12H14N2O5S2/c1-7(11-13-3-4-20-11)6-14-21(17,18)10-5-9(12(15)16)19-8(10)2/h3-5,7,14H,6H2,1-2H3,(H,15,16). The minimum atomic E-state index is -3.82. The van der Waals surface area contributed by atoms with Gasteiger partial charge in [0.2, 0.25) is 15.8 Å². The van der Waals surface area contributed by atoms with Crippen LogP contribution in [0.1, 0.15) is 34.2 Å². The molecule has 2 aromatic heterocycles. The van der Waals surface area contributed by atoms with Crippen molar-refractivity contribution in [3.8, 4) is 0 Å². The molecule has 0 saturated heterocycles. The van der Waals surface area contributed by atoms with E-state index in [1.54, 1.807) is 6.20 Å². The Hall–Kier alpha value is -1.71. The van der Waals surface area contributed by atoms with Gasteiger partial charge in [-0.15, -0.1) is 11.3 Å². The molecule has 0 aliphatic heterocycles. The first-order chi connectivity index (χ1) is 9.81. The van der Waals surface area contributed by atoms with E-state index in [4.69, 9.17) is 9.52 Å². The predicted octanol–water partition coefficient (Wildman–Crippen LogP) is 1.82. The fourth-order valence-corrected chi connectivity index (χ4v) is 3.72. The molecule has 0 saturated carbocycles. The van der Waals surface area contributed by atoms with Gasteiger partial charge in [-0.3, -0.25) is 0 Å². The van der Waals surface area contributed by atoms with Gasteiger partial charge in [0.05, 0.1) is 5.01 Å². The number of aromatic carboxylic acids is 1. The van der Waals surface area contributed by atoms with Crippen molar-refractivity contribution < 1.29 is 22.7 Å². The number of aryl methyl sites for hydroxylation is 1. The summed E-state index contributed by atoms with van der Waals surface area (Å²) in [4.78, 5) is 14.8. The van der Waals surface area contributed by atoms with Crippen LogP contribution in [-0.4, -0.2) is 31.0 Å². The number of hydrogen-bond donors (Lipinski definition) is 2. The molecule has 0 aliphatic carbocycles. The minimum Gasteiger partial charge on any atom is -0.475 e. The Morgan fingerprint density at radius 1 is 1.57 bits per heavy atom. The monoisotopic (exact) mass is 330 g/mol. The summed E-state index contributed by atoms with van der Waals surface area (Å²) in [5.74, 6) is -1.75. The van der Waals surface area contributed by atoms with Crippen LogP contribution < -0.4 is 4.72 Å². The van der Waals surface area contributed by atoms with Crippen LogP contribution in [0.25, 0.3) is 0 Å². The number of nitrogens with one attached hydrogen (secondary N) is 1. The highest BCUT2D eigenvalue weighted by atomic mass is 32.2. The molecule has 2 heterocycles. The third-order valence-electron chi connectivity index (χ3n) is 2.83. The summed E-state index contributed by atoms with van der Waals surface area (Å²) >= 11 is 1.45. The zero-order chi connectivity index (χ0) is 15.6. The number of carboxylic acid groups (broad SMARTS) is 1. The van der Waals surface area contributed by atoms with Crippen LogP contribution in [0.15, 0.2) is 27.0 Å². The van der Waals surface area contributed by atoms with Gasteiger partial charge >= 0.3 is 5.97 Å². The summed E-state index contributed by atoms with van der Waals surface area (Å²) in [6.07, 6.45) is 1.66. The summed E-state index contributed by atoms with van der Waals surface area (Å²) in [5, 5.41) is 11.5. The fourth-order valence-electron chi connectivity index (χ4n) is 1.72. The molecule has 0 radical (unpaired) electrons. The summed E-state index contributed by atoms with van der Waals surface area (Å²) < 4.78 is 31.7. The number of carboxylic acids is 1. The first kappa shape index (κ1) is 15.7. The molecule has 2 N–H and O–H groups in total. The van der Waals surface area contributed by atoms with E-state index in [9.17, 15) is 13.2 Å². The topological polar surface area (TPSA) is 109 Å². The molecule has 0 bridgehead atoms. The Morgan fingerprint density at radius 3 is 2.81 bits per heavy atom. The second-order valence-electron chi connectivity index (χ2n) is 4.46. The van der Waals surface area contributed by atoms with Gasteiger partial charge in [0.25, 0.3) is 0 Å². The van der Waals surface area contributed by atoms with E-state index in [0.717, 1.165) is 11.1 Å². The van der Waals surface area contributed by atoms with Crippen molar-refractivity contribution in [3.63, 3.8) is 0 Å². The molecule has 114 valence electrons. The van der Waals surface area contributed by atoms with E-state index in [1.807, 2.05) is 12.3 Å². The number of furan rings is 1. The smallest absolute Gasteiger partial charge is 0.371 e. The van der Waals surface area contributed by atoms with Crippen molar-refractivity contribution in [1.29, 1.82) is 0 Å².